The fourth-order valence-electron chi connectivity index (χ4n) is 3.21. The van der Waals surface area contributed by atoms with Crippen molar-refractivity contribution in [3.8, 4) is 0 Å². The van der Waals surface area contributed by atoms with Crippen LogP contribution in [-0.2, 0) is 18.3 Å². The molecule has 0 spiro atoms. The van der Waals surface area contributed by atoms with E-state index in [0.29, 0.717) is 18.8 Å². The second-order valence-corrected chi connectivity index (χ2v) is 7.19. The van der Waals surface area contributed by atoms with Crippen LogP contribution >= 0.6 is 11.3 Å². The largest absolute Gasteiger partial charge is 0.385 e. The number of hydrogen-bond acceptors (Lipinski definition) is 4. The van der Waals surface area contributed by atoms with Gasteiger partial charge < -0.3 is 14.6 Å². The smallest absolute Gasteiger partial charge is 0.222 e. The number of aliphatic hydroxyl groups is 1. The molecule has 23 heavy (non-hydrogen) atoms. The van der Waals surface area contributed by atoms with Gasteiger partial charge in [-0.1, -0.05) is 6.07 Å². The quantitative estimate of drug-likeness (QED) is 0.914. The summed E-state index contributed by atoms with van der Waals surface area (Å²) in [6.07, 6.45) is 6.16. The van der Waals surface area contributed by atoms with Crippen LogP contribution in [0, 0.1) is 5.92 Å². The molecule has 0 radical (unpaired) electrons. The van der Waals surface area contributed by atoms with Crippen LogP contribution < -0.4 is 0 Å². The monoisotopic (exact) mass is 333 g/mol. The number of piperidine rings is 1. The van der Waals surface area contributed by atoms with Crippen molar-refractivity contribution in [2.45, 2.75) is 31.8 Å². The van der Waals surface area contributed by atoms with Crippen molar-refractivity contribution in [1.82, 2.24) is 14.5 Å². The van der Waals surface area contributed by atoms with E-state index in [0.717, 1.165) is 25.8 Å². The van der Waals surface area contributed by atoms with E-state index >= 15 is 0 Å². The highest BCUT2D eigenvalue weighted by atomic mass is 32.1. The number of imidazole rings is 1. The molecule has 1 amide bonds. The number of likely N-dealkylation sites (tertiary alicyclic amines) is 1. The van der Waals surface area contributed by atoms with E-state index in [4.69, 9.17) is 0 Å². The summed E-state index contributed by atoms with van der Waals surface area (Å²) in [6.45, 7) is 1.42. The first kappa shape index (κ1) is 16.2. The van der Waals surface area contributed by atoms with Crippen LogP contribution in [0.15, 0.2) is 29.9 Å². The van der Waals surface area contributed by atoms with E-state index in [1.54, 1.807) is 17.5 Å². The van der Waals surface area contributed by atoms with E-state index < -0.39 is 6.10 Å². The first-order valence-electron chi connectivity index (χ1n) is 8.10. The molecule has 1 N–H and O–H groups in total. The Balaban J connectivity index is 1.57. The fourth-order valence-corrected chi connectivity index (χ4v) is 3.92. The number of carbonyl (C=O) groups is 1. The van der Waals surface area contributed by atoms with Gasteiger partial charge in [-0.3, -0.25) is 4.79 Å². The van der Waals surface area contributed by atoms with Gasteiger partial charge in [-0.25, -0.2) is 4.98 Å². The summed E-state index contributed by atoms with van der Waals surface area (Å²) in [6, 6.07) is 4.09. The fraction of sp³-hybridized carbons (Fsp3) is 0.529. The van der Waals surface area contributed by atoms with Crippen molar-refractivity contribution in [3.05, 3.63) is 40.6 Å². The molecule has 2 atom stereocenters. The van der Waals surface area contributed by atoms with Gasteiger partial charge in [0.1, 0.15) is 11.9 Å². The zero-order chi connectivity index (χ0) is 16.2. The number of aromatic nitrogens is 2. The molecule has 3 heterocycles. The Hall–Kier alpha value is -1.66. The maximum Gasteiger partial charge on any atom is 0.222 e. The number of hydrogen-bond donors (Lipinski definition) is 1. The minimum atomic E-state index is -0.608. The minimum absolute atomic E-state index is 0.0653. The predicted molar refractivity (Wildman–Crippen MR) is 90.1 cm³/mol. The highest BCUT2D eigenvalue weighted by molar-refractivity contribution is 7.09. The van der Waals surface area contributed by atoms with Crippen LogP contribution in [0.3, 0.4) is 0 Å². The number of amides is 1. The van der Waals surface area contributed by atoms with Gasteiger partial charge in [0.25, 0.3) is 0 Å². The summed E-state index contributed by atoms with van der Waals surface area (Å²) in [7, 11) is 1.89. The van der Waals surface area contributed by atoms with E-state index in [1.165, 1.54) is 4.88 Å². The van der Waals surface area contributed by atoms with Crippen LogP contribution in [-0.4, -0.2) is 38.6 Å². The third-order valence-corrected chi connectivity index (χ3v) is 5.48. The zero-order valence-corrected chi connectivity index (χ0v) is 14.2. The number of aliphatic hydroxyl groups excluding tert-OH is 1. The summed E-state index contributed by atoms with van der Waals surface area (Å²) in [5, 5.41) is 12.6. The maximum atomic E-state index is 12.4. The average Bonchev–Trinajstić information content (AvgIpc) is 3.23. The van der Waals surface area contributed by atoms with Crippen molar-refractivity contribution >= 4 is 17.2 Å². The molecule has 1 saturated heterocycles. The minimum Gasteiger partial charge on any atom is -0.385 e. The van der Waals surface area contributed by atoms with Crippen molar-refractivity contribution < 1.29 is 9.90 Å². The molecule has 2 aromatic heterocycles. The lowest BCUT2D eigenvalue weighted by Gasteiger charge is -2.35. The molecule has 124 valence electrons. The summed E-state index contributed by atoms with van der Waals surface area (Å²) >= 11 is 1.70. The van der Waals surface area contributed by atoms with Gasteiger partial charge in [-0.05, 0) is 30.7 Å². The van der Waals surface area contributed by atoms with Crippen LogP contribution in [0.2, 0.25) is 0 Å². The average molecular weight is 333 g/mol. The highest BCUT2D eigenvalue weighted by Crippen LogP contribution is 2.29. The van der Waals surface area contributed by atoms with E-state index in [2.05, 4.69) is 11.1 Å². The number of aryl methyl sites for hydroxylation is 2. The highest BCUT2D eigenvalue weighted by Gasteiger charge is 2.30. The van der Waals surface area contributed by atoms with Crippen LogP contribution in [0.5, 0.6) is 0 Å². The molecular formula is C17H23N3O2S. The lowest BCUT2D eigenvalue weighted by molar-refractivity contribution is -0.134. The van der Waals surface area contributed by atoms with Gasteiger partial charge in [0, 0.05) is 49.7 Å². The van der Waals surface area contributed by atoms with Crippen LogP contribution in [0.1, 0.15) is 36.1 Å². The molecule has 1 aliphatic rings. The van der Waals surface area contributed by atoms with Gasteiger partial charge in [0.15, 0.2) is 0 Å². The SMILES string of the molecule is Cn1ccnc1C(O)C1CCCN(C(=O)CCc2cccs2)C1. The lowest BCUT2D eigenvalue weighted by Crippen LogP contribution is -2.42. The molecule has 2 unspecified atom stereocenters. The molecule has 6 heteroatoms. The number of thiophene rings is 1. The Morgan fingerprint density at radius 3 is 3.13 bits per heavy atom. The molecule has 2 aromatic rings. The Bertz CT molecular complexity index is 638. The summed E-state index contributed by atoms with van der Waals surface area (Å²) in [4.78, 5) is 19.8. The first-order chi connectivity index (χ1) is 11.1. The molecular weight excluding hydrogens is 310 g/mol. The summed E-state index contributed by atoms with van der Waals surface area (Å²) in [5.74, 6) is 0.938. The molecule has 0 saturated carbocycles. The molecule has 1 fully saturated rings. The van der Waals surface area contributed by atoms with Crippen molar-refractivity contribution in [2.75, 3.05) is 13.1 Å². The maximum absolute atomic E-state index is 12.4. The first-order valence-corrected chi connectivity index (χ1v) is 8.98. The lowest BCUT2D eigenvalue weighted by atomic mass is 9.91. The van der Waals surface area contributed by atoms with Gasteiger partial charge in [-0.2, -0.15) is 0 Å². The van der Waals surface area contributed by atoms with E-state index in [9.17, 15) is 9.90 Å². The Morgan fingerprint density at radius 2 is 2.43 bits per heavy atom. The standard InChI is InChI=1S/C17H23N3O2S/c1-19-10-8-18-17(19)16(22)13-4-2-9-20(12-13)15(21)7-6-14-5-3-11-23-14/h3,5,8,10-11,13,16,22H,2,4,6-7,9,12H2,1H3. The molecule has 0 aliphatic carbocycles. The Morgan fingerprint density at radius 1 is 1.57 bits per heavy atom. The van der Waals surface area contributed by atoms with Gasteiger partial charge >= 0.3 is 0 Å². The molecule has 1 aliphatic heterocycles. The van der Waals surface area contributed by atoms with Gasteiger partial charge in [0.2, 0.25) is 5.91 Å². The topological polar surface area (TPSA) is 58.4 Å². The number of carbonyl (C=O) groups excluding carboxylic acids is 1. The molecule has 5 nitrogen and oxygen atoms in total. The third-order valence-electron chi connectivity index (χ3n) is 4.55. The normalized spacial score (nSPS) is 19.7. The van der Waals surface area contributed by atoms with Gasteiger partial charge in [-0.15, -0.1) is 11.3 Å². The van der Waals surface area contributed by atoms with E-state index in [-0.39, 0.29) is 11.8 Å². The third kappa shape index (κ3) is 3.82. The van der Waals surface area contributed by atoms with Crippen molar-refractivity contribution in [2.24, 2.45) is 13.0 Å². The Labute approximate surface area is 140 Å². The second kappa shape index (κ2) is 7.27. The van der Waals surface area contributed by atoms with Crippen LogP contribution in [0.4, 0.5) is 0 Å². The second-order valence-electron chi connectivity index (χ2n) is 6.16. The number of nitrogens with zero attached hydrogens (tertiary/aromatic N) is 3. The molecule has 0 bridgehead atoms. The van der Waals surface area contributed by atoms with Crippen molar-refractivity contribution in [1.29, 1.82) is 0 Å². The van der Waals surface area contributed by atoms with Gasteiger partial charge in [0.05, 0.1) is 0 Å². The molecule has 3 rings (SSSR count). The summed E-state index contributed by atoms with van der Waals surface area (Å²) < 4.78 is 1.85. The van der Waals surface area contributed by atoms with Crippen LogP contribution in [0.25, 0.3) is 0 Å². The van der Waals surface area contributed by atoms with Crippen molar-refractivity contribution in [3.63, 3.8) is 0 Å². The van der Waals surface area contributed by atoms with E-state index in [1.807, 2.05) is 34.2 Å². The Kier molecular flexibility index (Phi) is 5.13. The zero-order valence-electron chi connectivity index (χ0n) is 13.4. The number of rotatable bonds is 5. The summed E-state index contributed by atoms with van der Waals surface area (Å²) in [5.41, 5.74) is 0. The predicted octanol–water partition coefficient (Wildman–Crippen LogP) is 2.39. The molecule has 0 aromatic carbocycles.